The van der Waals surface area contributed by atoms with Gasteiger partial charge in [0.1, 0.15) is 0 Å². The molecule has 116 valence electrons. The number of rotatable bonds is 9. The van der Waals surface area contributed by atoms with Crippen LogP contribution in [0.25, 0.3) is 0 Å². The SMILES string of the molecule is C=CCCCCCS(=O)(=O)c1cc(C(=O)O)ccc1CC. The first-order chi connectivity index (χ1) is 9.92. The van der Waals surface area contributed by atoms with Gasteiger partial charge < -0.3 is 5.11 Å². The first kappa shape index (κ1) is 17.4. The minimum Gasteiger partial charge on any atom is -0.478 e. The number of allylic oxidation sites excluding steroid dienone is 1. The van der Waals surface area contributed by atoms with E-state index in [4.69, 9.17) is 5.11 Å². The van der Waals surface area contributed by atoms with Crippen LogP contribution in [0, 0.1) is 0 Å². The number of aromatic carboxylic acids is 1. The second-order valence-electron chi connectivity index (χ2n) is 4.94. The molecule has 0 aliphatic heterocycles. The van der Waals surface area contributed by atoms with Crippen molar-refractivity contribution in [1.82, 2.24) is 0 Å². The van der Waals surface area contributed by atoms with Gasteiger partial charge in [-0.25, -0.2) is 13.2 Å². The lowest BCUT2D eigenvalue weighted by Crippen LogP contribution is -2.11. The van der Waals surface area contributed by atoms with Crippen LogP contribution in [0.15, 0.2) is 35.7 Å². The van der Waals surface area contributed by atoms with Gasteiger partial charge in [0.2, 0.25) is 0 Å². The number of benzene rings is 1. The van der Waals surface area contributed by atoms with Crippen LogP contribution in [-0.4, -0.2) is 25.2 Å². The number of sulfone groups is 1. The van der Waals surface area contributed by atoms with Crippen molar-refractivity contribution < 1.29 is 18.3 Å². The second kappa shape index (κ2) is 7.98. The summed E-state index contributed by atoms with van der Waals surface area (Å²) in [6.07, 6.45) is 5.59. The molecule has 0 aliphatic carbocycles. The zero-order chi connectivity index (χ0) is 15.9. The van der Waals surface area contributed by atoms with Gasteiger partial charge in [-0.1, -0.05) is 25.5 Å². The fourth-order valence-corrected chi connectivity index (χ4v) is 3.86. The zero-order valence-corrected chi connectivity index (χ0v) is 13.2. The summed E-state index contributed by atoms with van der Waals surface area (Å²) in [6, 6.07) is 4.32. The molecule has 1 rings (SSSR count). The summed E-state index contributed by atoms with van der Waals surface area (Å²) in [5.41, 5.74) is 0.684. The van der Waals surface area contributed by atoms with Gasteiger partial charge in [-0.05, 0) is 43.4 Å². The quantitative estimate of drug-likeness (QED) is 0.560. The van der Waals surface area contributed by atoms with Crippen molar-refractivity contribution in [3.05, 3.63) is 42.0 Å². The van der Waals surface area contributed by atoms with Gasteiger partial charge in [0.15, 0.2) is 9.84 Å². The van der Waals surface area contributed by atoms with E-state index in [1.54, 1.807) is 6.07 Å². The van der Waals surface area contributed by atoms with E-state index in [0.29, 0.717) is 18.4 Å². The van der Waals surface area contributed by atoms with Crippen LogP contribution in [-0.2, 0) is 16.3 Å². The molecule has 1 N–H and O–H groups in total. The Morgan fingerprint density at radius 2 is 2.00 bits per heavy atom. The molecular formula is C16H22O4S. The third-order valence-corrected chi connectivity index (χ3v) is 5.23. The van der Waals surface area contributed by atoms with Crippen LogP contribution < -0.4 is 0 Å². The number of carboxylic acids is 1. The monoisotopic (exact) mass is 310 g/mol. The second-order valence-corrected chi connectivity index (χ2v) is 7.02. The van der Waals surface area contributed by atoms with Crippen molar-refractivity contribution >= 4 is 15.8 Å². The lowest BCUT2D eigenvalue weighted by atomic mass is 10.1. The maximum atomic E-state index is 12.4. The molecular weight excluding hydrogens is 288 g/mol. The average Bonchev–Trinajstić information content (AvgIpc) is 2.46. The Morgan fingerprint density at radius 3 is 2.57 bits per heavy atom. The van der Waals surface area contributed by atoms with Crippen molar-refractivity contribution in [3.63, 3.8) is 0 Å². The highest BCUT2D eigenvalue weighted by molar-refractivity contribution is 7.91. The topological polar surface area (TPSA) is 71.4 Å². The predicted octanol–water partition coefficient (Wildman–Crippen LogP) is 3.47. The molecule has 0 unspecified atom stereocenters. The highest BCUT2D eigenvalue weighted by Gasteiger charge is 2.19. The summed E-state index contributed by atoms with van der Waals surface area (Å²) in [4.78, 5) is 11.2. The Labute approximate surface area is 126 Å². The normalized spacial score (nSPS) is 11.3. The molecule has 0 aromatic heterocycles. The Balaban J connectivity index is 2.92. The molecule has 21 heavy (non-hydrogen) atoms. The number of hydrogen-bond donors (Lipinski definition) is 1. The van der Waals surface area contributed by atoms with Gasteiger partial charge in [-0.3, -0.25) is 0 Å². The van der Waals surface area contributed by atoms with Gasteiger partial charge in [0.25, 0.3) is 0 Å². The van der Waals surface area contributed by atoms with E-state index >= 15 is 0 Å². The predicted molar refractivity (Wildman–Crippen MR) is 83.5 cm³/mol. The molecule has 1 aromatic carbocycles. The van der Waals surface area contributed by atoms with Crippen LogP contribution in [0.2, 0.25) is 0 Å². The minimum atomic E-state index is -3.44. The average molecular weight is 310 g/mol. The minimum absolute atomic E-state index is 0.0115. The van der Waals surface area contributed by atoms with Gasteiger partial charge >= 0.3 is 5.97 Å². The lowest BCUT2D eigenvalue weighted by molar-refractivity contribution is 0.0696. The van der Waals surface area contributed by atoms with E-state index < -0.39 is 15.8 Å². The first-order valence-corrected chi connectivity index (χ1v) is 8.77. The van der Waals surface area contributed by atoms with E-state index in [1.807, 2.05) is 13.0 Å². The fraction of sp³-hybridized carbons (Fsp3) is 0.438. The maximum Gasteiger partial charge on any atom is 0.335 e. The van der Waals surface area contributed by atoms with Gasteiger partial charge in [0, 0.05) is 0 Å². The number of unbranched alkanes of at least 4 members (excludes halogenated alkanes) is 3. The van der Waals surface area contributed by atoms with Gasteiger partial charge in [-0.15, -0.1) is 6.58 Å². The summed E-state index contributed by atoms with van der Waals surface area (Å²) >= 11 is 0. The zero-order valence-electron chi connectivity index (χ0n) is 12.3. The molecule has 5 heteroatoms. The Bertz CT molecular complexity index is 603. The van der Waals surface area contributed by atoms with Crippen molar-refractivity contribution in [1.29, 1.82) is 0 Å². The highest BCUT2D eigenvalue weighted by Crippen LogP contribution is 2.21. The van der Waals surface area contributed by atoms with E-state index in [2.05, 4.69) is 6.58 Å². The van der Waals surface area contributed by atoms with Crippen LogP contribution >= 0.6 is 0 Å². The first-order valence-electron chi connectivity index (χ1n) is 7.12. The maximum absolute atomic E-state index is 12.4. The smallest absolute Gasteiger partial charge is 0.335 e. The van der Waals surface area contributed by atoms with E-state index in [1.165, 1.54) is 12.1 Å². The van der Waals surface area contributed by atoms with Gasteiger partial charge in [0.05, 0.1) is 16.2 Å². The van der Waals surface area contributed by atoms with E-state index in [-0.39, 0.29) is 16.2 Å². The Morgan fingerprint density at radius 1 is 1.29 bits per heavy atom. The number of carbonyl (C=O) groups is 1. The molecule has 1 aromatic rings. The van der Waals surface area contributed by atoms with Crippen molar-refractivity contribution in [3.8, 4) is 0 Å². The van der Waals surface area contributed by atoms with E-state index in [9.17, 15) is 13.2 Å². The summed E-state index contributed by atoms with van der Waals surface area (Å²) in [5.74, 6) is -1.06. The molecule has 0 atom stereocenters. The third kappa shape index (κ3) is 5.01. The van der Waals surface area contributed by atoms with Crippen LogP contribution in [0.3, 0.4) is 0 Å². The lowest BCUT2D eigenvalue weighted by Gasteiger charge is -2.10. The van der Waals surface area contributed by atoms with Crippen LogP contribution in [0.1, 0.15) is 48.5 Å². The fourth-order valence-electron chi connectivity index (χ4n) is 2.14. The van der Waals surface area contributed by atoms with Crippen LogP contribution in [0.4, 0.5) is 0 Å². The molecule has 0 heterocycles. The molecule has 0 radical (unpaired) electrons. The van der Waals surface area contributed by atoms with Crippen LogP contribution in [0.5, 0.6) is 0 Å². The highest BCUT2D eigenvalue weighted by atomic mass is 32.2. The Kier molecular flexibility index (Phi) is 6.62. The summed E-state index contributed by atoms with van der Waals surface area (Å²) in [7, 11) is -3.44. The van der Waals surface area contributed by atoms with Gasteiger partial charge in [-0.2, -0.15) is 0 Å². The van der Waals surface area contributed by atoms with Crippen molar-refractivity contribution in [2.45, 2.75) is 43.9 Å². The molecule has 0 aliphatic rings. The number of hydrogen-bond acceptors (Lipinski definition) is 3. The summed E-state index contributed by atoms with van der Waals surface area (Å²) < 4.78 is 24.8. The molecule has 0 saturated heterocycles. The van der Waals surface area contributed by atoms with E-state index in [0.717, 1.165) is 19.3 Å². The van der Waals surface area contributed by atoms with Crippen molar-refractivity contribution in [2.75, 3.05) is 5.75 Å². The largest absolute Gasteiger partial charge is 0.478 e. The Hall–Kier alpha value is -1.62. The molecule has 0 amide bonds. The molecule has 0 bridgehead atoms. The number of carboxylic acid groups (broad SMARTS) is 1. The molecule has 0 saturated carbocycles. The number of aryl methyl sites for hydroxylation is 1. The summed E-state index contributed by atoms with van der Waals surface area (Å²) in [5, 5.41) is 9.01. The summed E-state index contributed by atoms with van der Waals surface area (Å²) in [6.45, 7) is 5.49. The standard InChI is InChI=1S/C16H22O4S/c1-3-5-6-7-8-11-21(19,20)15-12-14(16(17)18)10-9-13(15)4-2/h3,9-10,12H,1,4-8,11H2,2H3,(H,17,18). The third-order valence-electron chi connectivity index (χ3n) is 3.35. The molecule has 0 spiro atoms. The molecule has 4 nitrogen and oxygen atoms in total. The van der Waals surface area contributed by atoms with Crippen molar-refractivity contribution in [2.24, 2.45) is 0 Å². The molecule has 0 fully saturated rings.